The minimum atomic E-state index is 0.0702. The molecule has 0 aliphatic heterocycles. The van der Waals surface area contributed by atoms with E-state index in [0.717, 1.165) is 6.42 Å². The third-order valence-electron chi connectivity index (χ3n) is 1.79. The van der Waals surface area contributed by atoms with Crippen molar-refractivity contribution in [2.75, 3.05) is 6.54 Å². The predicted octanol–water partition coefficient (Wildman–Crippen LogP) is 2.01. The van der Waals surface area contributed by atoms with Gasteiger partial charge in [-0.25, -0.2) is 5.43 Å². The largest absolute Gasteiger partial charge is 0.291 e. The van der Waals surface area contributed by atoms with Gasteiger partial charge in [0.2, 0.25) is 5.91 Å². The van der Waals surface area contributed by atoms with Crippen molar-refractivity contribution in [1.82, 2.24) is 10.9 Å². The summed E-state index contributed by atoms with van der Waals surface area (Å²) in [5.41, 5.74) is 6.77. The first-order valence-corrected chi connectivity index (χ1v) is 5.17. The van der Waals surface area contributed by atoms with E-state index >= 15 is 0 Å². The van der Waals surface area contributed by atoms with Gasteiger partial charge in [0.25, 0.3) is 0 Å². The Balaban J connectivity index is 3.41. The molecule has 1 amide bonds. The van der Waals surface area contributed by atoms with Crippen molar-refractivity contribution in [3.05, 3.63) is 11.6 Å². The van der Waals surface area contributed by atoms with E-state index in [1.54, 1.807) is 0 Å². The van der Waals surface area contributed by atoms with Gasteiger partial charge < -0.3 is 0 Å². The van der Waals surface area contributed by atoms with E-state index in [4.69, 9.17) is 0 Å². The minimum absolute atomic E-state index is 0.0702. The SMILES string of the molecule is CC(C)=CCNNC(=O)CCC(C)C. The summed E-state index contributed by atoms with van der Waals surface area (Å²) in [6, 6.07) is 0. The van der Waals surface area contributed by atoms with Crippen LogP contribution in [0.25, 0.3) is 0 Å². The maximum absolute atomic E-state index is 11.2. The second kappa shape index (κ2) is 7.56. The van der Waals surface area contributed by atoms with Gasteiger partial charge in [-0.05, 0) is 26.2 Å². The number of hydrazine groups is 1. The van der Waals surface area contributed by atoms with Gasteiger partial charge in [0.1, 0.15) is 0 Å². The zero-order valence-corrected chi connectivity index (χ0v) is 9.68. The fourth-order valence-electron chi connectivity index (χ4n) is 0.887. The van der Waals surface area contributed by atoms with Gasteiger partial charge in [-0.15, -0.1) is 0 Å². The molecule has 82 valence electrons. The van der Waals surface area contributed by atoms with Gasteiger partial charge in [0.15, 0.2) is 0 Å². The number of hydrogen-bond donors (Lipinski definition) is 2. The number of allylic oxidation sites excluding steroid dienone is 1. The number of hydrogen-bond acceptors (Lipinski definition) is 2. The highest BCUT2D eigenvalue weighted by Crippen LogP contribution is 2.02. The summed E-state index contributed by atoms with van der Waals surface area (Å²) in [5.74, 6) is 0.652. The standard InChI is InChI=1S/C11H22N2O/c1-9(2)5-6-11(14)13-12-8-7-10(3)4/h7,9,12H,5-6,8H2,1-4H3,(H,13,14). The van der Waals surface area contributed by atoms with Crippen molar-refractivity contribution in [2.45, 2.75) is 40.5 Å². The second-order valence-corrected chi connectivity index (χ2v) is 4.14. The summed E-state index contributed by atoms with van der Waals surface area (Å²) >= 11 is 0. The van der Waals surface area contributed by atoms with E-state index < -0.39 is 0 Å². The molecular weight excluding hydrogens is 176 g/mol. The molecule has 0 heterocycles. The third kappa shape index (κ3) is 9.26. The van der Waals surface area contributed by atoms with Crippen LogP contribution in [0, 0.1) is 5.92 Å². The monoisotopic (exact) mass is 198 g/mol. The van der Waals surface area contributed by atoms with Gasteiger partial charge in [0.05, 0.1) is 0 Å². The first-order valence-electron chi connectivity index (χ1n) is 5.17. The lowest BCUT2D eigenvalue weighted by atomic mass is 10.1. The summed E-state index contributed by atoms with van der Waals surface area (Å²) in [4.78, 5) is 11.2. The molecule has 3 heteroatoms. The van der Waals surface area contributed by atoms with Crippen molar-refractivity contribution in [2.24, 2.45) is 5.92 Å². The van der Waals surface area contributed by atoms with Crippen LogP contribution in [0.5, 0.6) is 0 Å². The van der Waals surface area contributed by atoms with Gasteiger partial charge in [0, 0.05) is 13.0 Å². The molecule has 0 aliphatic rings. The van der Waals surface area contributed by atoms with Crippen LogP contribution in [0.3, 0.4) is 0 Å². The van der Waals surface area contributed by atoms with Crippen molar-refractivity contribution in [3.8, 4) is 0 Å². The van der Waals surface area contributed by atoms with Gasteiger partial charge >= 0.3 is 0 Å². The molecule has 3 nitrogen and oxygen atoms in total. The molecule has 2 N–H and O–H groups in total. The highest BCUT2D eigenvalue weighted by atomic mass is 16.2. The average molecular weight is 198 g/mol. The van der Waals surface area contributed by atoms with Crippen LogP contribution in [0.15, 0.2) is 11.6 Å². The molecule has 0 bridgehead atoms. The molecule has 0 atom stereocenters. The fraction of sp³-hybridized carbons (Fsp3) is 0.727. The molecule has 0 aliphatic carbocycles. The average Bonchev–Trinajstić information content (AvgIpc) is 2.08. The molecule has 0 aromatic rings. The molecule has 0 fully saturated rings. The lowest BCUT2D eigenvalue weighted by Gasteiger charge is -2.06. The Labute approximate surface area is 86.9 Å². The zero-order chi connectivity index (χ0) is 11.0. The zero-order valence-electron chi connectivity index (χ0n) is 9.68. The Bertz CT molecular complexity index is 193. The third-order valence-corrected chi connectivity index (χ3v) is 1.79. The Morgan fingerprint density at radius 2 is 2.00 bits per heavy atom. The van der Waals surface area contributed by atoms with Crippen LogP contribution >= 0.6 is 0 Å². The van der Waals surface area contributed by atoms with Crippen molar-refractivity contribution < 1.29 is 4.79 Å². The smallest absolute Gasteiger partial charge is 0.234 e. The summed E-state index contributed by atoms with van der Waals surface area (Å²) in [6.45, 7) is 8.98. The van der Waals surface area contributed by atoms with Crippen molar-refractivity contribution in [1.29, 1.82) is 0 Å². The quantitative estimate of drug-likeness (QED) is 0.389. The van der Waals surface area contributed by atoms with Crippen LogP contribution in [-0.4, -0.2) is 12.5 Å². The van der Waals surface area contributed by atoms with Crippen molar-refractivity contribution in [3.63, 3.8) is 0 Å². The van der Waals surface area contributed by atoms with Crippen LogP contribution in [0.1, 0.15) is 40.5 Å². The Hall–Kier alpha value is -0.830. The van der Waals surface area contributed by atoms with Gasteiger partial charge in [-0.1, -0.05) is 25.5 Å². The molecule has 0 radical (unpaired) electrons. The number of carbonyl (C=O) groups excluding carboxylic acids is 1. The van der Waals surface area contributed by atoms with E-state index in [-0.39, 0.29) is 5.91 Å². The highest BCUT2D eigenvalue weighted by molar-refractivity contribution is 5.75. The minimum Gasteiger partial charge on any atom is -0.291 e. The lowest BCUT2D eigenvalue weighted by molar-refractivity contribution is -0.122. The van der Waals surface area contributed by atoms with Crippen LogP contribution < -0.4 is 10.9 Å². The van der Waals surface area contributed by atoms with E-state index in [2.05, 4.69) is 24.7 Å². The van der Waals surface area contributed by atoms with Crippen LogP contribution in [-0.2, 0) is 4.79 Å². The Kier molecular flexibility index (Phi) is 7.11. The Morgan fingerprint density at radius 3 is 2.50 bits per heavy atom. The summed E-state index contributed by atoms with van der Waals surface area (Å²) < 4.78 is 0. The van der Waals surface area contributed by atoms with E-state index in [1.807, 2.05) is 19.9 Å². The summed E-state index contributed by atoms with van der Waals surface area (Å²) in [7, 11) is 0. The van der Waals surface area contributed by atoms with E-state index in [9.17, 15) is 4.79 Å². The topological polar surface area (TPSA) is 41.1 Å². The molecule has 0 saturated carbocycles. The molecule has 0 spiro atoms. The number of carbonyl (C=O) groups is 1. The van der Waals surface area contributed by atoms with Gasteiger partial charge in [-0.2, -0.15) is 0 Å². The second-order valence-electron chi connectivity index (χ2n) is 4.14. The maximum atomic E-state index is 11.2. The lowest BCUT2D eigenvalue weighted by Crippen LogP contribution is -2.37. The predicted molar refractivity (Wildman–Crippen MR) is 59.6 cm³/mol. The van der Waals surface area contributed by atoms with E-state index in [1.165, 1.54) is 5.57 Å². The van der Waals surface area contributed by atoms with Crippen LogP contribution in [0.2, 0.25) is 0 Å². The normalized spacial score (nSPS) is 10.1. The molecule has 0 aromatic carbocycles. The first-order chi connectivity index (χ1) is 6.52. The number of amides is 1. The van der Waals surface area contributed by atoms with Crippen molar-refractivity contribution >= 4 is 5.91 Å². The summed E-state index contributed by atoms with van der Waals surface area (Å²) in [6.07, 6.45) is 3.57. The molecule has 0 rings (SSSR count). The molecule has 0 aromatic heterocycles. The first kappa shape index (κ1) is 13.2. The molecular formula is C11H22N2O. The van der Waals surface area contributed by atoms with Crippen LogP contribution in [0.4, 0.5) is 0 Å². The fourth-order valence-corrected chi connectivity index (χ4v) is 0.887. The van der Waals surface area contributed by atoms with E-state index in [0.29, 0.717) is 18.9 Å². The number of rotatable bonds is 6. The molecule has 0 unspecified atom stereocenters. The maximum Gasteiger partial charge on any atom is 0.234 e. The summed E-state index contributed by atoms with van der Waals surface area (Å²) in [5, 5.41) is 0. The highest BCUT2D eigenvalue weighted by Gasteiger charge is 2.01. The molecule has 0 saturated heterocycles. The Morgan fingerprint density at radius 1 is 1.36 bits per heavy atom. The molecule has 14 heavy (non-hydrogen) atoms. The van der Waals surface area contributed by atoms with Gasteiger partial charge in [-0.3, -0.25) is 10.2 Å². The number of nitrogens with one attached hydrogen (secondary N) is 2.